The minimum atomic E-state index is -0.873. The van der Waals surface area contributed by atoms with E-state index in [9.17, 15) is 9.90 Å². The lowest BCUT2D eigenvalue weighted by Crippen LogP contribution is -2.31. The molecule has 0 saturated carbocycles. The molecule has 1 heterocycles. The summed E-state index contributed by atoms with van der Waals surface area (Å²) in [5.41, 5.74) is 2.48. The second-order valence-electron chi connectivity index (χ2n) is 4.94. The summed E-state index contributed by atoms with van der Waals surface area (Å²) in [6, 6.07) is 8.63. The van der Waals surface area contributed by atoms with Crippen LogP contribution in [0.15, 0.2) is 34.9 Å². The van der Waals surface area contributed by atoms with Crippen molar-refractivity contribution in [3.63, 3.8) is 0 Å². The third-order valence-corrected chi connectivity index (χ3v) is 3.25. The summed E-state index contributed by atoms with van der Waals surface area (Å²) in [7, 11) is 1.77. The normalized spacial score (nSPS) is 12.6. The van der Waals surface area contributed by atoms with Crippen LogP contribution >= 0.6 is 0 Å². The Hall–Kier alpha value is -2.14. The molecule has 1 unspecified atom stereocenters. The number of rotatable bonds is 5. The SMILES string of the molecule is Cc1cc(CN(C)C(C(=O)O)c2ccccc2C)no1. The van der Waals surface area contributed by atoms with Gasteiger partial charge < -0.3 is 9.63 Å². The number of benzene rings is 1. The summed E-state index contributed by atoms with van der Waals surface area (Å²) >= 11 is 0. The quantitative estimate of drug-likeness (QED) is 0.907. The zero-order valence-corrected chi connectivity index (χ0v) is 11.8. The summed E-state index contributed by atoms with van der Waals surface area (Å²) in [6.07, 6.45) is 0. The maximum atomic E-state index is 11.6. The Morgan fingerprint density at radius 1 is 1.40 bits per heavy atom. The first kappa shape index (κ1) is 14.3. The lowest BCUT2D eigenvalue weighted by atomic mass is 10.0. The lowest BCUT2D eigenvalue weighted by molar-refractivity contribution is -0.143. The van der Waals surface area contributed by atoms with Crippen molar-refractivity contribution in [2.24, 2.45) is 0 Å². The molecule has 0 bridgehead atoms. The van der Waals surface area contributed by atoms with Gasteiger partial charge in [-0.25, -0.2) is 0 Å². The van der Waals surface area contributed by atoms with Crippen LogP contribution in [0.5, 0.6) is 0 Å². The van der Waals surface area contributed by atoms with E-state index in [2.05, 4.69) is 5.16 Å². The summed E-state index contributed by atoms with van der Waals surface area (Å²) in [6.45, 7) is 4.15. The lowest BCUT2D eigenvalue weighted by Gasteiger charge is -2.25. The van der Waals surface area contributed by atoms with Crippen LogP contribution in [-0.2, 0) is 11.3 Å². The molecule has 106 valence electrons. The fourth-order valence-corrected chi connectivity index (χ4v) is 2.29. The summed E-state index contributed by atoms with van der Waals surface area (Å²) in [5.74, 6) is -0.154. The molecule has 5 nitrogen and oxygen atoms in total. The third-order valence-electron chi connectivity index (χ3n) is 3.25. The average Bonchev–Trinajstić information content (AvgIpc) is 2.77. The summed E-state index contributed by atoms with van der Waals surface area (Å²) in [4.78, 5) is 13.4. The maximum Gasteiger partial charge on any atom is 0.325 e. The number of nitrogens with zero attached hydrogens (tertiary/aromatic N) is 2. The largest absolute Gasteiger partial charge is 0.480 e. The first-order chi connectivity index (χ1) is 9.49. The number of aryl methyl sites for hydroxylation is 2. The van der Waals surface area contributed by atoms with Crippen LogP contribution in [0.3, 0.4) is 0 Å². The van der Waals surface area contributed by atoms with Crippen LogP contribution in [0.25, 0.3) is 0 Å². The average molecular weight is 274 g/mol. The predicted molar refractivity (Wildman–Crippen MR) is 74.3 cm³/mol. The van der Waals surface area contributed by atoms with Gasteiger partial charge in [0.15, 0.2) is 0 Å². The zero-order valence-electron chi connectivity index (χ0n) is 11.8. The molecule has 0 saturated heterocycles. The number of hydrogen-bond acceptors (Lipinski definition) is 4. The number of hydrogen-bond donors (Lipinski definition) is 1. The van der Waals surface area contributed by atoms with Gasteiger partial charge in [0.05, 0.1) is 5.69 Å². The Morgan fingerprint density at radius 3 is 2.65 bits per heavy atom. The Morgan fingerprint density at radius 2 is 2.10 bits per heavy atom. The minimum Gasteiger partial charge on any atom is -0.480 e. The predicted octanol–water partition coefficient (Wildman–Crippen LogP) is 2.55. The zero-order chi connectivity index (χ0) is 14.7. The molecule has 5 heteroatoms. The van der Waals surface area contributed by atoms with E-state index in [-0.39, 0.29) is 0 Å². The molecule has 2 aromatic rings. The Balaban J connectivity index is 2.25. The molecule has 0 aliphatic rings. The summed E-state index contributed by atoms with van der Waals surface area (Å²) in [5, 5.41) is 13.4. The van der Waals surface area contributed by atoms with Gasteiger partial charge in [-0.2, -0.15) is 0 Å². The molecule has 1 aromatic carbocycles. The highest BCUT2D eigenvalue weighted by Gasteiger charge is 2.26. The molecule has 0 spiro atoms. The molecule has 20 heavy (non-hydrogen) atoms. The van der Waals surface area contributed by atoms with Crippen molar-refractivity contribution in [1.82, 2.24) is 10.1 Å². The van der Waals surface area contributed by atoms with E-state index in [4.69, 9.17) is 4.52 Å². The first-order valence-electron chi connectivity index (χ1n) is 6.40. The van der Waals surface area contributed by atoms with Crippen molar-refractivity contribution in [2.45, 2.75) is 26.4 Å². The van der Waals surface area contributed by atoms with E-state index in [1.165, 1.54) is 0 Å². The van der Waals surface area contributed by atoms with Crippen molar-refractivity contribution < 1.29 is 14.4 Å². The molecule has 0 amide bonds. The van der Waals surface area contributed by atoms with Crippen LogP contribution in [0, 0.1) is 13.8 Å². The van der Waals surface area contributed by atoms with E-state index in [0.29, 0.717) is 6.54 Å². The number of likely N-dealkylation sites (N-methyl/N-ethyl adjacent to an activating group) is 1. The molecule has 1 atom stereocenters. The third kappa shape index (κ3) is 3.05. The van der Waals surface area contributed by atoms with Crippen molar-refractivity contribution in [3.05, 3.63) is 52.9 Å². The number of aromatic nitrogens is 1. The smallest absolute Gasteiger partial charge is 0.325 e. The van der Waals surface area contributed by atoms with Crippen molar-refractivity contribution in [3.8, 4) is 0 Å². The number of carboxylic acids is 1. The Kier molecular flexibility index (Phi) is 4.20. The van der Waals surface area contributed by atoms with Gasteiger partial charge in [-0.05, 0) is 32.0 Å². The van der Waals surface area contributed by atoms with Crippen LogP contribution in [0.1, 0.15) is 28.6 Å². The van der Waals surface area contributed by atoms with Crippen molar-refractivity contribution in [2.75, 3.05) is 7.05 Å². The number of carbonyl (C=O) groups is 1. The van der Waals surface area contributed by atoms with E-state index in [1.807, 2.05) is 44.2 Å². The highest BCUT2D eigenvalue weighted by Crippen LogP contribution is 2.24. The van der Waals surface area contributed by atoms with E-state index >= 15 is 0 Å². The van der Waals surface area contributed by atoms with Gasteiger partial charge in [0, 0.05) is 12.6 Å². The standard InChI is InChI=1S/C15H18N2O3/c1-10-6-4-5-7-13(10)14(15(18)19)17(3)9-12-8-11(2)20-16-12/h4-8,14H,9H2,1-3H3,(H,18,19). The molecular formula is C15H18N2O3. The molecule has 2 rings (SSSR count). The molecule has 1 N–H and O–H groups in total. The highest BCUT2D eigenvalue weighted by atomic mass is 16.5. The van der Waals surface area contributed by atoms with Gasteiger partial charge in [-0.3, -0.25) is 9.69 Å². The topological polar surface area (TPSA) is 66.6 Å². The van der Waals surface area contributed by atoms with Crippen LogP contribution in [0.4, 0.5) is 0 Å². The van der Waals surface area contributed by atoms with Gasteiger partial charge in [0.25, 0.3) is 0 Å². The number of aliphatic carboxylic acids is 1. The van der Waals surface area contributed by atoms with Gasteiger partial charge in [-0.15, -0.1) is 0 Å². The first-order valence-corrected chi connectivity index (χ1v) is 6.40. The molecule has 0 fully saturated rings. The van der Waals surface area contributed by atoms with Gasteiger partial charge in [0.1, 0.15) is 11.8 Å². The van der Waals surface area contributed by atoms with E-state index in [0.717, 1.165) is 22.6 Å². The highest BCUT2D eigenvalue weighted by molar-refractivity contribution is 5.76. The van der Waals surface area contributed by atoms with Gasteiger partial charge >= 0.3 is 5.97 Å². The van der Waals surface area contributed by atoms with Crippen LogP contribution in [-0.4, -0.2) is 28.2 Å². The molecule has 1 aromatic heterocycles. The van der Waals surface area contributed by atoms with Crippen LogP contribution in [0.2, 0.25) is 0 Å². The molecule has 0 radical (unpaired) electrons. The van der Waals surface area contributed by atoms with E-state index in [1.54, 1.807) is 11.9 Å². The second-order valence-corrected chi connectivity index (χ2v) is 4.94. The maximum absolute atomic E-state index is 11.6. The molecule has 0 aliphatic heterocycles. The van der Waals surface area contributed by atoms with E-state index < -0.39 is 12.0 Å². The molecular weight excluding hydrogens is 256 g/mol. The van der Waals surface area contributed by atoms with Gasteiger partial charge in [-0.1, -0.05) is 29.4 Å². The van der Waals surface area contributed by atoms with Crippen molar-refractivity contribution >= 4 is 5.97 Å². The Bertz CT molecular complexity index is 607. The number of carboxylic acid groups (broad SMARTS) is 1. The fourth-order valence-electron chi connectivity index (χ4n) is 2.29. The minimum absolute atomic E-state index is 0.419. The summed E-state index contributed by atoms with van der Waals surface area (Å²) < 4.78 is 5.01. The molecule has 0 aliphatic carbocycles. The Labute approximate surface area is 117 Å². The van der Waals surface area contributed by atoms with Crippen LogP contribution < -0.4 is 0 Å². The second kappa shape index (κ2) is 5.88. The monoisotopic (exact) mass is 274 g/mol. The van der Waals surface area contributed by atoms with Gasteiger partial charge in [0.2, 0.25) is 0 Å². The van der Waals surface area contributed by atoms with Crippen molar-refractivity contribution in [1.29, 1.82) is 0 Å². The fraction of sp³-hybridized carbons (Fsp3) is 0.333.